The Hall–Kier alpha value is -1.22. The van der Waals surface area contributed by atoms with Gasteiger partial charge in [0.1, 0.15) is 0 Å². The number of rotatable bonds is 2. The van der Waals surface area contributed by atoms with Gasteiger partial charge in [-0.3, -0.25) is 0 Å². The van der Waals surface area contributed by atoms with Crippen molar-refractivity contribution >= 4 is 11.4 Å². The van der Waals surface area contributed by atoms with E-state index in [1.807, 2.05) is 18.2 Å². The Morgan fingerprint density at radius 3 is 2.94 bits per heavy atom. The van der Waals surface area contributed by atoms with E-state index < -0.39 is 0 Å². The van der Waals surface area contributed by atoms with Crippen molar-refractivity contribution in [2.75, 3.05) is 11.1 Å². The molecule has 3 rings (SSSR count). The molecule has 1 aliphatic heterocycles. The van der Waals surface area contributed by atoms with Gasteiger partial charge in [-0.1, -0.05) is 12.8 Å². The molecule has 2 atom stereocenters. The zero-order chi connectivity index (χ0) is 11.1. The fourth-order valence-corrected chi connectivity index (χ4v) is 2.52. The summed E-state index contributed by atoms with van der Waals surface area (Å²) in [4.78, 5) is 0. The van der Waals surface area contributed by atoms with Crippen LogP contribution in [0.2, 0.25) is 0 Å². The minimum Gasteiger partial charge on any atom is -0.399 e. The number of fused-ring (bicyclic) bond motifs is 1. The van der Waals surface area contributed by atoms with E-state index in [9.17, 15) is 5.11 Å². The molecule has 0 aromatic heterocycles. The number of anilines is 2. The van der Waals surface area contributed by atoms with Crippen LogP contribution in [0.3, 0.4) is 0 Å². The monoisotopic (exact) mass is 218 g/mol. The maximum absolute atomic E-state index is 10.1. The number of aliphatic hydroxyl groups is 1. The van der Waals surface area contributed by atoms with Crippen molar-refractivity contribution in [3.8, 4) is 0 Å². The van der Waals surface area contributed by atoms with E-state index in [-0.39, 0.29) is 12.1 Å². The molecule has 2 unspecified atom stereocenters. The van der Waals surface area contributed by atoms with Gasteiger partial charge in [-0.05, 0) is 36.1 Å². The van der Waals surface area contributed by atoms with Gasteiger partial charge in [0.2, 0.25) is 0 Å². The van der Waals surface area contributed by atoms with E-state index in [1.165, 1.54) is 12.8 Å². The standard InChI is InChI=1S/C13H18N2O/c14-10-3-4-11-9(6-10)7-13(16)12(15-11)5-8-1-2-8/h3-4,6,8,12-13,15-16H,1-2,5,7,14H2. The molecule has 0 saturated heterocycles. The highest BCUT2D eigenvalue weighted by Crippen LogP contribution is 2.37. The Kier molecular flexibility index (Phi) is 2.28. The lowest BCUT2D eigenvalue weighted by Gasteiger charge is -2.32. The summed E-state index contributed by atoms with van der Waals surface area (Å²) in [5.41, 5.74) is 8.80. The van der Waals surface area contributed by atoms with E-state index in [0.29, 0.717) is 0 Å². The highest BCUT2D eigenvalue weighted by molar-refractivity contribution is 5.60. The molecule has 0 spiro atoms. The van der Waals surface area contributed by atoms with Crippen molar-refractivity contribution in [3.05, 3.63) is 23.8 Å². The lowest BCUT2D eigenvalue weighted by atomic mass is 9.92. The normalized spacial score (nSPS) is 28.3. The summed E-state index contributed by atoms with van der Waals surface area (Å²) in [6.45, 7) is 0. The second-order valence-corrected chi connectivity index (χ2v) is 5.12. The highest BCUT2D eigenvalue weighted by atomic mass is 16.3. The van der Waals surface area contributed by atoms with Gasteiger partial charge < -0.3 is 16.2 Å². The first-order chi connectivity index (χ1) is 7.72. The van der Waals surface area contributed by atoms with E-state index >= 15 is 0 Å². The van der Waals surface area contributed by atoms with Crippen molar-refractivity contribution in [2.45, 2.75) is 37.8 Å². The van der Waals surface area contributed by atoms with E-state index in [1.54, 1.807) is 0 Å². The summed E-state index contributed by atoms with van der Waals surface area (Å²) >= 11 is 0. The molecule has 1 aromatic rings. The highest BCUT2D eigenvalue weighted by Gasteiger charge is 2.32. The van der Waals surface area contributed by atoms with Gasteiger partial charge in [0.05, 0.1) is 12.1 Å². The van der Waals surface area contributed by atoms with Crippen LogP contribution in [0.4, 0.5) is 11.4 Å². The molecule has 1 aliphatic carbocycles. The average Bonchev–Trinajstić information content (AvgIpc) is 3.03. The largest absolute Gasteiger partial charge is 0.399 e. The summed E-state index contributed by atoms with van der Waals surface area (Å²) in [6, 6.07) is 6.12. The smallest absolute Gasteiger partial charge is 0.0782 e. The second-order valence-electron chi connectivity index (χ2n) is 5.12. The third-order valence-electron chi connectivity index (χ3n) is 3.65. The minimum atomic E-state index is -0.269. The Labute approximate surface area is 95.7 Å². The molecule has 1 aromatic carbocycles. The molecule has 2 aliphatic rings. The summed E-state index contributed by atoms with van der Waals surface area (Å²) in [6.07, 6.45) is 4.23. The Morgan fingerprint density at radius 1 is 1.38 bits per heavy atom. The third-order valence-corrected chi connectivity index (χ3v) is 3.65. The Balaban J connectivity index is 1.80. The number of nitrogens with one attached hydrogen (secondary N) is 1. The van der Waals surface area contributed by atoms with Crippen molar-refractivity contribution in [1.29, 1.82) is 0 Å². The zero-order valence-corrected chi connectivity index (χ0v) is 9.32. The molecule has 1 saturated carbocycles. The maximum atomic E-state index is 10.1. The SMILES string of the molecule is Nc1ccc2c(c1)CC(O)C(CC1CC1)N2. The van der Waals surface area contributed by atoms with E-state index in [4.69, 9.17) is 5.73 Å². The molecule has 1 heterocycles. The van der Waals surface area contributed by atoms with Gasteiger partial charge in [-0.2, -0.15) is 0 Å². The number of hydrogen-bond donors (Lipinski definition) is 3. The first kappa shape index (κ1) is 9.97. The number of nitrogen functional groups attached to an aromatic ring is 1. The van der Waals surface area contributed by atoms with Crippen LogP contribution in [-0.4, -0.2) is 17.3 Å². The van der Waals surface area contributed by atoms with Crippen molar-refractivity contribution in [3.63, 3.8) is 0 Å². The molecule has 86 valence electrons. The molecule has 3 nitrogen and oxygen atoms in total. The quantitative estimate of drug-likeness (QED) is 0.663. The molecule has 0 amide bonds. The number of benzene rings is 1. The fourth-order valence-electron chi connectivity index (χ4n) is 2.52. The Bertz CT molecular complexity index is 401. The lowest BCUT2D eigenvalue weighted by Crippen LogP contribution is -2.39. The summed E-state index contributed by atoms with van der Waals surface area (Å²) in [7, 11) is 0. The fraction of sp³-hybridized carbons (Fsp3) is 0.538. The first-order valence-electron chi connectivity index (χ1n) is 6.05. The van der Waals surface area contributed by atoms with Crippen LogP contribution >= 0.6 is 0 Å². The van der Waals surface area contributed by atoms with E-state index in [0.717, 1.165) is 35.7 Å². The van der Waals surface area contributed by atoms with Gasteiger partial charge in [-0.25, -0.2) is 0 Å². The van der Waals surface area contributed by atoms with Crippen LogP contribution < -0.4 is 11.1 Å². The molecular weight excluding hydrogens is 200 g/mol. The molecule has 4 N–H and O–H groups in total. The molecule has 16 heavy (non-hydrogen) atoms. The van der Waals surface area contributed by atoms with Gasteiger partial charge in [-0.15, -0.1) is 0 Å². The molecule has 1 fully saturated rings. The summed E-state index contributed by atoms with van der Waals surface area (Å²) in [5.74, 6) is 0.836. The third kappa shape index (κ3) is 1.87. The van der Waals surface area contributed by atoms with Crippen LogP contribution in [-0.2, 0) is 6.42 Å². The lowest BCUT2D eigenvalue weighted by molar-refractivity contribution is 0.141. The van der Waals surface area contributed by atoms with Crippen molar-refractivity contribution < 1.29 is 5.11 Å². The van der Waals surface area contributed by atoms with Crippen molar-refractivity contribution in [1.82, 2.24) is 0 Å². The molecule has 0 bridgehead atoms. The molecular formula is C13H18N2O. The van der Waals surface area contributed by atoms with Gasteiger partial charge in [0.15, 0.2) is 0 Å². The number of nitrogens with two attached hydrogens (primary N) is 1. The number of aliphatic hydroxyl groups excluding tert-OH is 1. The van der Waals surface area contributed by atoms with Crippen LogP contribution in [0.5, 0.6) is 0 Å². The van der Waals surface area contributed by atoms with Crippen LogP contribution in [0.25, 0.3) is 0 Å². The second kappa shape index (κ2) is 3.67. The maximum Gasteiger partial charge on any atom is 0.0782 e. The summed E-state index contributed by atoms with van der Waals surface area (Å²) < 4.78 is 0. The van der Waals surface area contributed by atoms with Crippen molar-refractivity contribution in [2.24, 2.45) is 5.92 Å². The predicted molar refractivity (Wildman–Crippen MR) is 65.3 cm³/mol. The topological polar surface area (TPSA) is 58.3 Å². The van der Waals surface area contributed by atoms with Crippen LogP contribution in [0, 0.1) is 5.92 Å². The Morgan fingerprint density at radius 2 is 2.19 bits per heavy atom. The summed E-state index contributed by atoms with van der Waals surface area (Å²) in [5, 5.41) is 13.5. The molecule has 0 radical (unpaired) electrons. The first-order valence-corrected chi connectivity index (χ1v) is 6.05. The predicted octanol–water partition coefficient (Wildman–Crippen LogP) is 1.77. The van der Waals surface area contributed by atoms with Gasteiger partial charge in [0.25, 0.3) is 0 Å². The minimum absolute atomic E-state index is 0.226. The van der Waals surface area contributed by atoms with Crippen LogP contribution in [0.1, 0.15) is 24.8 Å². The van der Waals surface area contributed by atoms with E-state index in [2.05, 4.69) is 5.32 Å². The average molecular weight is 218 g/mol. The number of hydrogen-bond acceptors (Lipinski definition) is 3. The van der Waals surface area contributed by atoms with Crippen LogP contribution in [0.15, 0.2) is 18.2 Å². The molecule has 3 heteroatoms. The van der Waals surface area contributed by atoms with Gasteiger partial charge >= 0.3 is 0 Å². The van der Waals surface area contributed by atoms with Gasteiger partial charge in [0, 0.05) is 17.8 Å². The zero-order valence-electron chi connectivity index (χ0n) is 9.32.